The maximum Gasteiger partial charge on any atom is 0.0638 e. The van der Waals surface area contributed by atoms with Crippen LogP contribution in [0.15, 0.2) is 0 Å². The molecule has 2 atom stereocenters. The van der Waals surface area contributed by atoms with Crippen molar-refractivity contribution >= 4 is 0 Å². The molecule has 0 radical (unpaired) electrons. The number of nitrogens with one attached hydrogen (secondary N) is 1. The van der Waals surface area contributed by atoms with Crippen LogP contribution in [0.4, 0.5) is 0 Å². The Balaban J connectivity index is 2.34. The summed E-state index contributed by atoms with van der Waals surface area (Å²) in [7, 11) is 0. The summed E-state index contributed by atoms with van der Waals surface area (Å²) < 4.78 is 0. The van der Waals surface area contributed by atoms with E-state index in [9.17, 15) is 0 Å². The number of hydrogen-bond donors (Lipinski definition) is 1. The summed E-state index contributed by atoms with van der Waals surface area (Å²) in [4.78, 5) is 2.48. The van der Waals surface area contributed by atoms with E-state index >= 15 is 0 Å². The second-order valence-corrected chi connectivity index (χ2v) is 4.24. The number of unbranched alkanes of at least 4 members (excludes halogenated alkanes) is 1. The van der Waals surface area contributed by atoms with E-state index in [-0.39, 0.29) is 0 Å². The Morgan fingerprint density at radius 3 is 2.93 bits per heavy atom. The molecule has 1 heterocycles. The van der Waals surface area contributed by atoms with E-state index in [2.05, 4.69) is 30.1 Å². The predicted molar refractivity (Wildman–Crippen MR) is 58.0 cm³/mol. The highest BCUT2D eigenvalue weighted by Crippen LogP contribution is 2.07. The molecule has 0 aromatic rings. The first-order chi connectivity index (χ1) is 6.76. The van der Waals surface area contributed by atoms with Crippen molar-refractivity contribution in [2.75, 3.05) is 19.6 Å². The van der Waals surface area contributed by atoms with Gasteiger partial charge >= 0.3 is 0 Å². The Labute approximate surface area is 87.1 Å². The predicted octanol–water partition coefficient (Wildman–Crippen LogP) is 1.36. The molecule has 0 aromatic heterocycles. The molecule has 1 rings (SSSR count). The molecule has 0 bridgehead atoms. The fraction of sp³-hybridized carbons (Fsp3) is 0.909. The lowest BCUT2D eigenvalue weighted by Crippen LogP contribution is -2.55. The highest BCUT2D eigenvalue weighted by atomic mass is 15.2. The molecule has 80 valence electrons. The summed E-state index contributed by atoms with van der Waals surface area (Å²) in [5.41, 5.74) is 0. The van der Waals surface area contributed by atoms with Gasteiger partial charge in [-0.1, -0.05) is 13.3 Å². The monoisotopic (exact) mass is 195 g/mol. The second-order valence-electron chi connectivity index (χ2n) is 4.24. The summed E-state index contributed by atoms with van der Waals surface area (Å²) >= 11 is 0. The SMILES string of the molecule is CCCCN1CC(C)NC(CC#N)C1. The number of piperazine rings is 1. The van der Waals surface area contributed by atoms with Gasteiger partial charge < -0.3 is 10.2 Å². The van der Waals surface area contributed by atoms with Gasteiger partial charge in [0.2, 0.25) is 0 Å². The smallest absolute Gasteiger partial charge is 0.0638 e. The molecule has 0 spiro atoms. The summed E-state index contributed by atoms with van der Waals surface area (Å²) in [5, 5.41) is 12.1. The van der Waals surface area contributed by atoms with Crippen LogP contribution in [0.1, 0.15) is 33.1 Å². The van der Waals surface area contributed by atoms with Crippen molar-refractivity contribution in [1.82, 2.24) is 10.2 Å². The summed E-state index contributed by atoms with van der Waals surface area (Å²) in [5.74, 6) is 0. The van der Waals surface area contributed by atoms with E-state index in [4.69, 9.17) is 5.26 Å². The summed E-state index contributed by atoms with van der Waals surface area (Å²) in [6, 6.07) is 3.15. The van der Waals surface area contributed by atoms with Crippen molar-refractivity contribution in [1.29, 1.82) is 5.26 Å². The molecule has 1 aliphatic heterocycles. The third-order valence-electron chi connectivity index (χ3n) is 2.70. The van der Waals surface area contributed by atoms with E-state index < -0.39 is 0 Å². The lowest BCUT2D eigenvalue weighted by Gasteiger charge is -2.36. The van der Waals surface area contributed by atoms with Gasteiger partial charge in [0.25, 0.3) is 0 Å². The maximum absolute atomic E-state index is 8.66. The summed E-state index contributed by atoms with van der Waals surface area (Å²) in [6.07, 6.45) is 3.15. The topological polar surface area (TPSA) is 39.1 Å². The Morgan fingerprint density at radius 1 is 1.50 bits per heavy atom. The molecular weight excluding hydrogens is 174 g/mol. The number of hydrogen-bond acceptors (Lipinski definition) is 3. The van der Waals surface area contributed by atoms with Crippen LogP contribution in [0.3, 0.4) is 0 Å². The van der Waals surface area contributed by atoms with E-state index in [1.807, 2.05) is 0 Å². The molecule has 3 heteroatoms. The first-order valence-electron chi connectivity index (χ1n) is 5.61. The van der Waals surface area contributed by atoms with Crippen molar-refractivity contribution in [3.05, 3.63) is 0 Å². The highest BCUT2D eigenvalue weighted by Gasteiger charge is 2.22. The minimum Gasteiger partial charge on any atom is -0.308 e. The normalized spacial score (nSPS) is 28.6. The first-order valence-corrected chi connectivity index (χ1v) is 5.61. The van der Waals surface area contributed by atoms with E-state index in [1.165, 1.54) is 19.4 Å². The molecule has 1 saturated heterocycles. The van der Waals surface area contributed by atoms with Gasteiger partial charge in [-0.2, -0.15) is 5.26 Å². The van der Waals surface area contributed by atoms with Gasteiger partial charge in [0.15, 0.2) is 0 Å². The van der Waals surface area contributed by atoms with Gasteiger partial charge in [-0.15, -0.1) is 0 Å². The average Bonchev–Trinajstić information content (AvgIpc) is 2.14. The Kier molecular flexibility index (Phi) is 4.92. The van der Waals surface area contributed by atoms with E-state index in [0.717, 1.165) is 13.1 Å². The van der Waals surface area contributed by atoms with Crippen molar-refractivity contribution in [3.8, 4) is 6.07 Å². The number of nitriles is 1. The quantitative estimate of drug-likeness (QED) is 0.736. The molecule has 3 nitrogen and oxygen atoms in total. The van der Waals surface area contributed by atoms with Crippen LogP contribution in [0.5, 0.6) is 0 Å². The lowest BCUT2D eigenvalue weighted by molar-refractivity contribution is 0.166. The van der Waals surface area contributed by atoms with Gasteiger partial charge in [-0.25, -0.2) is 0 Å². The van der Waals surface area contributed by atoms with Gasteiger partial charge in [-0.05, 0) is 19.9 Å². The molecule has 1 fully saturated rings. The minimum atomic E-state index is 0.376. The Bertz CT molecular complexity index is 197. The van der Waals surface area contributed by atoms with E-state index in [0.29, 0.717) is 18.5 Å². The van der Waals surface area contributed by atoms with Crippen molar-refractivity contribution in [2.24, 2.45) is 0 Å². The van der Waals surface area contributed by atoms with Crippen LogP contribution in [0.25, 0.3) is 0 Å². The first kappa shape index (κ1) is 11.5. The maximum atomic E-state index is 8.66. The Morgan fingerprint density at radius 2 is 2.29 bits per heavy atom. The Hall–Kier alpha value is -0.590. The van der Waals surface area contributed by atoms with Crippen molar-refractivity contribution < 1.29 is 0 Å². The molecule has 0 saturated carbocycles. The molecule has 1 aliphatic rings. The zero-order valence-corrected chi connectivity index (χ0v) is 9.29. The van der Waals surface area contributed by atoms with Gasteiger partial charge in [0.05, 0.1) is 12.5 Å². The standard InChI is InChI=1S/C11H21N3/c1-3-4-7-14-8-10(2)13-11(9-14)5-6-12/h10-11,13H,3-5,7-9H2,1-2H3. The van der Waals surface area contributed by atoms with Crippen LogP contribution >= 0.6 is 0 Å². The molecule has 1 N–H and O–H groups in total. The number of rotatable bonds is 4. The van der Waals surface area contributed by atoms with Gasteiger partial charge in [-0.3, -0.25) is 0 Å². The fourth-order valence-electron chi connectivity index (χ4n) is 2.08. The molecule has 0 aromatic carbocycles. The molecule has 2 unspecified atom stereocenters. The summed E-state index contributed by atoms with van der Waals surface area (Å²) in [6.45, 7) is 7.77. The van der Waals surface area contributed by atoms with Gasteiger partial charge in [0.1, 0.15) is 0 Å². The highest BCUT2D eigenvalue weighted by molar-refractivity contribution is 4.89. The van der Waals surface area contributed by atoms with Crippen LogP contribution in [0, 0.1) is 11.3 Å². The van der Waals surface area contributed by atoms with Crippen LogP contribution in [-0.2, 0) is 0 Å². The molecule has 0 amide bonds. The fourth-order valence-corrected chi connectivity index (χ4v) is 2.08. The van der Waals surface area contributed by atoms with Gasteiger partial charge in [0, 0.05) is 25.2 Å². The third kappa shape index (κ3) is 3.65. The van der Waals surface area contributed by atoms with Crippen molar-refractivity contribution in [3.63, 3.8) is 0 Å². The number of nitrogens with zero attached hydrogens (tertiary/aromatic N) is 2. The molecule has 0 aliphatic carbocycles. The average molecular weight is 195 g/mol. The van der Waals surface area contributed by atoms with Crippen LogP contribution < -0.4 is 5.32 Å². The van der Waals surface area contributed by atoms with Crippen LogP contribution in [-0.4, -0.2) is 36.6 Å². The van der Waals surface area contributed by atoms with Crippen LogP contribution in [0.2, 0.25) is 0 Å². The van der Waals surface area contributed by atoms with E-state index in [1.54, 1.807) is 0 Å². The zero-order chi connectivity index (χ0) is 10.4. The molecular formula is C11H21N3. The molecule has 14 heavy (non-hydrogen) atoms. The third-order valence-corrected chi connectivity index (χ3v) is 2.70. The van der Waals surface area contributed by atoms with Crippen molar-refractivity contribution in [2.45, 2.75) is 45.2 Å². The largest absolute Gasteiger partial charge is 0.308 e. The lowest BCUT2D eigenvalue weighted by atomic mass is 10.1. The minimum absolute atomic E-state index is 0.376. The second kappa shape index (κ2) is 6.00. The zero-order valence-electron chi connectivity index (χ0n) is 9.29.